The number of thiazole rings is 1. The van der Waals surface area contributed by atoms with Crippen molar-refractivity contribution in [2.24, 2.45) is 0 Å². The van der Waals surface area contributed by atoms with Gasteiger partial charge in [0.05, 0.1) is 29.5 Å². The van der Waals surface area contributed by atoms with Gasteiger partial charge in [-0.05, 0) is 42.5 Å². The summed E-state index contributed by atoms with van der Waals surface area (Å²) in [7, 11) is 1.55. The van der Waals surface area contributed by atoms with Crippen molar-refractivity contribution in [2.45, 2.75) is 0 Å². The lowest BCUT2D eigenvalue weighted by molar-refractivity contribution is -0.118. The Morgan fingerprint density at radius 2 is 2.07 bits per heavy atom. The van der Waals surface area contributed by atoms with Gasteiger partial charge in [0.1, 0.15) is 11.5 Å². The van der Waals surface area contributed by atoms with Crippen molar-refractivity contribution >= 4 is 34.0 Å². The molecule has 1 aromatic heterocycles. The summed E-state index contributed by atoms with van der Waals surface area (Å²) in [6, 6.07) is 13.9. The maximum atomic E-state index is 12.0. The highest BCUT2D eigenvalue weighted by atomic mass is 35.5. The number of rotatable bonds is 6. The third kappa shape index (κ3) is 4.76. The van der Waals surface area contributed by atoms with E-state index in [9.17, 15) is 4.79 Å². The fourth-order valence-electron chi connectivity index (χ4n) is 2.22. The fourth-order valence-corrected chi connectivity index (χ4v) is 3.21. The molecule has 3 rings (SSSR count). The summed E-state index contributed by atoms with van der Waals surface area (Å²) >= 11 is 7.44. The Hall–Kier alpha value is -3.08. The number of hydrogen-bond donors (Lipinski definition) is 1. The molecule has 0 fully saturated rings. The Balaban J connectivity index is 1.59. The lowest BCUT2D eigenvalue weighted by atomic mass is 10.2. The van der Waals surface area contributed by atoms with Gasteiger partial charge in [-0.15, -0.1) is 11.3 Å². The van der Waals surface area contributed by atoms with Gasteiger partial charge < -0.3 is 9.47 Å². The van der Waals surface area contributed by atoms with E-state index in [1.807, 2.05) is 17.5 Å². The van der Waals surface area contributed by atoms with E-state index in [2.05, 4.69) is 10.3 Å². The second-order valence-corrected chi connectivity index (χ2v) is 6.63. The molecule has 3 aromatic rings. The van der Waals surface area contributed by atoms with E-state index in [1.54, 1.807) is 43.5 Å². The molecule has 1 heterocycles. The van der Waals surface area contributed by atoms with Gasteiger partial charge in [-0.1, -0.05) is 11.6 Å². The molecule has 0 saturated carbocycles. The van der Waals surface area contributed by atoms with Crippen LogP contribution in [0.3, 0.4) is 0 Å². The molecule has 27 heavy (non-hydrogen) atoms. The Morgan fingerprint density at radius 3 is 2.74 bits per heavy atom. The van der Waals surface area contributed by atoms with Crippen LogP contribution >= 0.6 is 22.9 Å². The number of amides is 1. The standard InChI is InChI=1S/C19H14ClN3O3S/c1-25-17-7-4-13(8-15(17)20)16-11-27-19(22-16)23-18(24)10-26-14-5-2-12(9-21)3-6-14/h2-8,11H,10H2,1H3,(H,22,23,24). The summed E-state index contributed by atoms with van der Waals surface area (Å²) in [5.74, 6) is 0.772. The molecule has 0 saturated heterocycles. The maximum absolute atomic E-state index is 12.0. The van der Waals surface area contributed by atoms with Crippen LogP contribution in [0.25, 0.3) is 11.3 Å². The van der Waals surface area contributed by atoms with Crippen molar-refractivity contribution in [3.05, 3.63) is 58.4 Å². The van der Waals surface area contributed by atoms with Gasteiger partial charge in [-0.2, -0.15) is 5.26 Å². The molecule has 8 heteroatoms. The SMILES string of the molecule is COc1ccc(-c2csc(NC(=O)COc3ccc(C#N)cc3)n2)cc1Cl. The molecular weight excluding hydrogens is 386 g/mol. The zero-order valence-corrected chi connectivity index (χ0v) is 15.8. The number of hydrogen-bond acceptors (Lipinski definition) is 6. The van der Waals surface area contributed by atoms with Gasteiger partial charge in [-0.25, -0.2) is 4.98 Å². The number of nitrogens with one attached hydrogen (secondary N) is 1. The molecule has 0 unspecified atom stereocenters. The lowest BCUT2D eigenvalue weighted by Crippen LogP contribution is -2.20. The second-order valence-electron chi connectivity index (χ2n) is 5.36. The third-order valence-electron chi connectivity index (χ3n) is 3.55. The van der Waals surface area contributed by atoms with Gasteiger partial charge in [0.2, 0.25) is 0 Å². The molecule has 0 aliphatic carbocycles. The van der Waals surface area contributed by atoms with E-state index in [1.165, 1.54) is 11.3 Å². The number of nitrogens with zero attached hydrogens (tertiary/aromatic N) is 2. The summed E-state index contributed by atoms with van der Waals surface area (Å²) in [4.78, 5) is 16.4. The van der Waals surface area contributed by atoms with E-state index in [4.69, 9.17) is 26.3 Å². The summed E-state index contributed by atoms with van der Waals surface area (Å²) in [5, 5.41) is 14.2. The fraction of sp³-hybridized carbons (Fsp3) is 0.105. The zero-order valence-electron chi connectivity index (χ0n) is 14.2. The minimum Gasteiger partial charge on any atom is -0.495 e. The molecule has 2 aromatic carbocycles. The largest absolute Gasteiger partial charge is 0.495 e. The Bertz CT molecular complexity index is 996. The van der Waals surface area contributed by atoms with Crippen molar-refractivity contribution in [3.63, 3.8) is 0 Å². The summed E-state index contributed by atoms with van der Waals surface area (Å²) in [6.07, 6.45) is 0. The summed E-state index contributed by atoms with van der Waals surface area (Å²) in [5.41, 5.74) is 2.06. The first-order valence-electron chi connectivity index (χ1n) is 7.81. The summed E-state index contributed by atoms with van der Waals surface area (Å²) in [6.45, 7) is -0.158. The number of aromatic nitrogens is 1. The molecule has 0 atom stereocenters. The van der Waals surface area contributed by atoms with Crippen molar-refractivity contribution in [1.82, 2.24) is 4.98 Å². The van der Waals surface area contributed by atoms with Crippen LogP contribution in [0.1, 0.15) is 5.56 Å². The molecule has 1 N–H and O–H groups in total. The highest BCUT2D eigenvalue weighted by molar-refractivity contribution is 7.14. The van der Waals surface area contributed by atoms with Gasteiger partial charge >= 0.3 is 0 Å². The van der Waals surface area contributed by atoms with Crippen molar-refractivity contribution < 1.29 is 14.3 Å². The normalized spacial score (nSPS) is 10.1. The number of methoxy groups -OCH3 is 1. The lowest BCUT2D eigenvalue weighted by Gasteiger charge is -2.06. The first-order chi connectivity index (χ1) is 13.1. The zero-order chi connectivity index (χ0) is 19.2. The third-order valence-corrected chi connectivity index (χ3v) is 4.60. The Labute approximate surface area is 164 Å². The minimum atomic E-state index is -0.326. The van der Waals surface area contributed by atoms with Crippen LogP contribution in [0.5, 0.6) is 11.5 Å². The maximum Gasteiger partial charge on any atom is 0.264 e. The summed E-state index contributed by atoms with van der Waals surface area (Å²) < 4.78 is 10.5. The number of halogens is 1. The van der Waals surface area contributed by atoms with Crippen LogP contribution in [0.4, 0.5) is 5.13 Å². The number of ether oxygens (including phenoxy) is 2. The molecule has 0 aliphatic rings. The average molecular weight is 400 g/mol. The molecule has 0 bridgehead atoms. The van der Waals surface area contributed by atoms with Crippen molar-refractivity contribution in [1.29, 1.82) is 5.26 Å². The average Bonchev–Trinajstić information content (AvgIpc) is 3.15. The van der Waals surface area contributed by atoms with Crippen LogP contribution < -0.4 is 14.8 Å². The predicted molar refractivity (Wildman–Crippen MR) is 104 cm³/mol. The van der Waals surface area contributed by atoms with E-state index in [-0.39, 0.29) is 12.5 Å². The number of benzene rings is 2. The molecule has 136 valence electrons. The first-order valence-corrected chi connectivity index (χ1v) is 9.07. The number of carbonyl (C=O) groups is 1. The van der Waals surface area contributed by atoms with Crippen LogP contribution in [-0.2, 0) is 4.79 Å². The molecule has 6 nitrogen and oxygen atoms in total. The van der Waals surface area contributed by atoms with Gasteiger partial charge in [0.25, 0.3) is 5.91 Å². The molecule has 1 amide bonds. The van der Waals surface area contributed by atoms with Crippen molar-refractivity contribution in [3.8, 4) is 28.8 Å². The van der Waals surface area contributed by atoms with Crippen LogP contribution in [-0.4, -0.2) is 24.6 Å². The van der Waals surface area contributed by atoms with Gasteiger partial charge in [0, 0.05) is 10.9 Å². The Kier molecular flexibility index (Phi) is 5.91. The van der Waals surface area contributed by atoms with Gasteiger partial charge in [-0.3, -0.25) is 10.1 Å². The van der Waals surface area contributed by atoms with Crippen LogP contribution in [0, 0.1) is 11.3 Å². The van der Waals surface area contributed by atoms with E-state index >= 15 is 0 Å². The van der Waals surface area contributed by atoms with E-state index in [0.717, 1.165) is 5.56 Å². The first kappa shape index (κ1) is 18.7. The highest BCUT2D eigenvalue weighted by Crippen LogP contribution is 2.31. The van der Waals surface area contributed by atoms with E-state index in [0.29, 0.717) is 32.9 Å². The number of nitriles is 1. The molecule has 0 spiro atoms. The highest BCUT2D eigenvalue weighted by Gasteiger charge is 2.10. The molecule has 0 radical (unpaired) electrons. The van der Waals surface area contributed by atoms with Crippen LogP contribution in [0.15, 0.2) is 47.8 Å². The molecule has 0 aliphatic heterocycles. The number of carbonyl (C=O) groups excluding carboxylic acids is 1. The van der Waals surface area contributed by atoms with E-state index < -0.39 is 0 Å². The minimum absolute atomic E-state index is 0.158. The number of anilines is 1. The molecular formula is C19H14ClN3O3S. The Morgan fingerprint density at radius 1 is 1.30 bits per heavy atom. The quantitative estimate of drug-likeness (QED) is 0.665. The monoisotopic (exact) mass is 399 g/mol. The topological polar surface area (TPSA) is 84.2 Å². The van der Waals surface area contributed by atoms with Crippen molar-refractivity contribution in [2.75, 3.05) is 19.0 Å². The second kappa shape index (κ2) is 8.54. The van der Waals surface area contributed by atoms with Crippen LogP contribution in [0.2, 0.25) is 5.02 Å². The smallest absolute Gasteiger partial charge is 0.264 e. The predicted octanol–water partition coefficient (Wildman–Crippen LogP) is 4.36. The van der Waals surface area contributed by atoms with Gasteiger partial charge in [0.15, 0.2) is 11.7 Å².